The van der Waals surface area contributed by atoms with E-state index < -0.39 is 0 Å². The average Bonchev–Trinajstić information content (AvgIpc) is 3.08. The fourth-order valence-electron chi connectivity index (χ4n) is 3.83. The zero-order valence-electron chi connectivity index (χ0n) is 16.2. The number of rotatable bonds is 7. The van der Waals surface area contributed by atoms with Gasteiger partial charge in [-0.05, 0) is 81.4 Å². The van der Waals surface area contributed by atoms with Gasteiger partial charge in [-0.3, -0.25) is 0 Å². The summed E-state index contributed by atoms with van der Waals surface area (Å²) in [7, 11) is 4.22. The topological polar surface area (TPSA) is 40.2 Å². The summed E-state index contributed by atoms with van der Waals surface area (Å²) in [6.07, 6.45) is 3.41. The van der Waals surface area contributed by atoms with Crippen LogP contribution in [0.2, 0.25) is 0 Å². The maximum atomic E-state index is 4.83. The standard InChI is InChI=1S/C23H28N4/c1-27(2)15-5-14-24-19-10-12-21-18(16-19)9-13-23(25-21)26-22-11-8-17-6-3-4-7-20(17)22/h3-4,6-7,9-10,12-13,16,22,24H,5,8,11,14-15H2,1-2H3,(H,25,26)/t22-/m1/s1. The second-order valence-electron chi connectivity index (χ2n) is 7.62. The largest absolute Gasteiger partial charge is 0.385 e. The summed E-state index contributed by atoms with van der Waals surface area (Å²) in [5, 5.41) is 8.30. The molecule has 0 radical (unpaired) electrons. The van der Waals surface area contributed by atoms with Gasteiger partial charge in [0, 0.05) is 17.6 Å². The van der Waals surface area contributed by atoms with Crippen LogP contribution in [0.25, 0.3) is 10.9 Å². The number of benzene rings is 2. The monoisotopic (exact) mass is 360 g/mol. The van der Waals surface area contributed by atoms with Gasteiger partial charge in [0.05, 0.1) is 11.6 Å². The number of nitrogens with one attached hydrogen (secondary N) is 2. The number of hydrogen-bond acceptors (Lipinski definition) is 4. The van der Waals surface area contributed by atoms with E-state index in [1.54, 1.807) is 0 Å². The maximum absolute atomic E-state index is 4.83. The van der Waals surface area contributed by atoms with Crippen LogP contribution >= 0.6 is 0 Å². The molecule has 1 aliphatic carbocycles. The molecule has 3 aromatic rings. The van der Waals surface area contributed by atoms with E-state index in [9.17, 15) is 0 Å². The van der Waals surface area contributed by atoms with Crippen molar-refractivity contribution >= 4 is 22.4 Å². The van der Waals surface area contributed by atoms with Gasteiger partial charge in [0.1, 0.15) is 5.82 Å². The summed E-state index contributed by atoms with van der Waals surface area (Å²) in [4.78, 5) is 7.04. The summed E-state index contributed by atoms with van der Waals surface area (Å²) in [5.41, 5.74) is 5.07. The molecule has 2 N–H and O–H groups in total. The molecular formula is C23H28N4. The molecule has 0 amide bonds. The number of anilines is 2. The summed E-state index contributed by atoms with van der Waals surface area (Å²) < 4.78 is 0. The van der Waals surface area contributed by atoms with Crippen LogP contribution in [-0.2, 0) is 6.42 Å². The molecule has 27 heavy (non-hydrogen) atoms. The third kappa shape index (κ3) is 4.22. The number of aryl methyl sites for hydroxylation is 1. The lowest BCUT2D eigenvalue weighted by Gasteiger charge is -2.15. The molecule has 1 aromatic heterocycles. The second kappa shape index (κ2) is 7.97. The van der Waals surface area contributed by atoms with Crippen molar-refractivity contribution in [3.05, 3.63) is 65.7 Å². The minimum absolute atomic E-state index is 0.365. The average molecular weight is 361 g/mol. The second-order valence-corrected chi connectivity index (χ2v) is 7.62. The van der Waals surface area contributed by atoms with Crippen LogP contribution in [0, 0.1) is 0 Å². The van der Waals surface area contributed by atoms with E-state index in [1.807, 2.05) is 0 Å². The number of aromatic nitrogens is 1. The Morgan fingerprint density at radius 3 is 2.85 bits per heavy atom. The molecule has 0 saturated heterocycles. The fraction of sp³-hybridized carbons (Fsp3) is 0.348. The lowest BCUT2D eigenvalue weighted by Crippen LogP contribution is -2.16. The van der Waals surface area contributed by atoms with Crippen LogP contribution in [0.15, 0.2) is 54.6 Å². The Balaban J connectivity index is 1.43. The summed E-state index contributed by atoms with van der Waals surface area (Å²) in [6, 6.07) is 19.8. The van der Waals surface area contributed by atoms with Crippen molar-refractivity contribution in [1.29, 1.82) is 0 Å². The molecule has 1 heterocycles. The van der Waals surface area contributed by atoms with E-state index in [0.717, 1.165) is 49.4 Å². The van der Waals surface area contributed by atoms with Crippen molar-refractivity contribution in [2.24, 2.45) is 0 Å². The number of fused-ring (bicyclic) bond motifs is 2. The Morgan fingerprint density at radius 2 is 1.96 bits per heavy atom. The molecule has 0 unspecified atom stereocenters. The van der Waals surface area contributed by atoms with E-state index in [2.05, 4.69) is 84.2 Å². The first-order valence-corrected chi connectivity index (χ1v) is 9.83. The molecule has 1 aliphatic rings. The zero-order valence-corrected chi connectivity index (χ0v) is 16.2. The molecular weight excluding hydrogens is 332 g/mol. The Hall–Kier alpha value is -2.59. The predicted octanol–water partition coefficient (Wildman–Crippen LogP) is 4.70. The Kier molecular flexibility index (Phi) is 5.26. The third-order valence-corrected chi connectivity index (χ3v) is 5.26. The third-order valence-electron chi connectivity index (χ3n) is 5.26. The van der Waals surface area contributed by atoms with E-state index >= 15 is 0 Å². The number of nitrogens with zero attached hydrogens (tertiary/aromatic N) is 2. The van der Waals surface area contributed by atoms with Crippen LogP contribution < -0.4 is 10.6 Å². The highest BCUT2D eigenvalue weighted by Crippen LogP contribution is 2.33. The highest BCUT2D eigenvalue weighted by Gasteiger charge is 2.21. The van der Waals surface area contributed by atoms with Crippen LogP contribution in [-0.4, -0.2) is 37.1 Å². The molecule has 0 saturated carbocycles. The first kappa shape index (κ1) is 17.8. The SMILES string of the molecule is CN(C)CCCNc1ccc2nc(N[C@@H]3CCc4ccccc43)ccc2c1. The molecule has 1 atom stereocenters. The first-order chi connectivity index (χ1) is 13.2. The van der Waals surface area contributed by atoms with Crippen molar-refractivity contribution < 1.29 is 0 Å². The lowest BCUT2D eigenvalue weighted by molar-refractivity contribution is 0.405. The first-order valence-electron chi connectivity index (χ1n) is 9.83. The van der Waals surface area contributed by atoms with Gasteiger partial charge in [-0.2, -0.15) is 0 Å². The molecule has 2 aromatic carbocycles. The van der Waals surface area contributed by atoms with E-state index in [4.69, 9.17) is 4.98 Å². The quantitative estimate of drug-likeness (QED) is 0.599. The van der Waals surface area contributed by atoms with Crippen molar-refractivity contribution in [1.82, 2.24) is 9.88 Å². The van der Waals surface area contributed by atoms with E-state index in [1.165, 1.54) is 16.5 Å². The highest BCUT2D eigenvalue weighted by molar-refractivity contribution is 5.83. The Labute approximate surface area is 161 Å². The molecule has 0 aliphatic heterocycles. The normalized spacial score (nSPS) is 15.9. The van der Waals surface area contributed by atoms with Crippen molar-refractivity contribution in [3.8, 4) is 0 Å². The van der Waals surface area contributed by atoms with Crippen LogP contribution in [0.4, 0.5) is 11.5 Å². The van der Waals surface area contributed by atoms with Crippen molar-refractivity contribution in [2.75, 3.05) is 37.8 Å². The van der Waals surface area contributed by atoms with Gasteiger partial charge >= 0.3 is 0 Å². The van der Waals surface area contributed by atoms with Gasteiger partial charge in [-0.25, -0.2) is 4.98 Å². The maximum Gasteiger partial charge on any atom is 0.127 e. The van der Waals surface area contributed by atoms with Gasteiger partial charge in [0.25, 0.3) is 0 Å². The van der Waals surface area contributed by atoms with Gasteiger partial charge < -0.3 is 15.5 Å². The minimum Gasteiger partial charge on any atom is -0.385 e. The van der Waals surface area contributed by atoms with Gasteiger partial charge in [-0.1, -0.05) is 24.3 Å². The van der Waals surface area contributed by atoms with Crippen LogP contribution in [0.5, 0.6) is 0 Å². The van der Waals surface area contributed by atoms with Crippen LogP contribution in [0.3, 0.4) is 0 Å². The number of hydrogen-bond donors (Lipinski definition) is 2. The molecule has 4 heteroatoms. The molecule has 140 valence electrons. The summed E-state index contributed by atoms with van der Waals surface area (Å²) in [5.74, 6) is 0.955. The fourth-order valence-corrected chi connectivity index (χ4v) is 3.83. The molecule has 4 nitrogen and oxygen atoms in total. The predicted molar refractivity (Wildman–Crippen MR) is 115 cm³/mol. The van der Waals surface area contributed by atoms with Crippen LogP contribution in [0.1, 0.15) is 30.0 Å². The van der Waals surface area contributed by atoms with Gasteiger partial charge in [-0.15, -0.1) is 0 Å². The smallest absolute Gasteiger partial charge is 0.127 e. The van der Waals surface area contributed by atoms with E-state index in [-0.39, 0.29) is 0 Å². The molecule has 0 spiro atoms. The number of pyridine rings is 1. The zero-order chi connectivity index (χ0) is 18.6. The van der Waals surface area contributed by atoms with Crippen molar-refractivity contribution in [2.45, 2.75) is 25.3 Å². The summed E-state index contributed by atoms with van der Waals surface area (Å²) in [6.45, 7) is 2.08. The minimum atomic E-state index is 0.365. The summed E-state index contributed by atoms with van der Waals surface area (Å²) >= 11 is 0. The Morgan fingerprint density at radius 1 is 1.07 bits per heavy atom. The Bertz CT molecular complexity index is 919. The molecule has 0 fully saturated rings. The van der Waals surface area contributed by atoms with Crippen molar-refractivity contribution in [3.63, 3.8) is 0 Å². The van der Waals surface area contributed by atoms with Gasteiger partial charge in [0.2, 0.25) is 0 Å². The highest BCUT2D eigenvalue weighted by atomic mass is 15.1. The molecule has 4 rings (SSSR count). The van der Waals surface area contributed by atoms with E-state index in [0.29, 0.717) is 6.04 Å². The van der Waals surface area contributed by atoms with Gasteiger partial charge in [0.15, 0.2) is 0 Å². The molecule has 0 bridgehead atoms. The lowest BCUT2D eigenvalue weighted by atomic mass is 10.1.